The molecule has 14 heteroatoms. The van der Waals surface area contributed by atoms with Gasteiger partial charge < -0.3 is 19.1 Å². The van der Waals surface area contributed by atoms with Crippen LogP contribution in [0.2, 0.25) is 0 Å². The molecule has 0 bridgehead atoms. The number of carboxylic acids is 1. The van der Waals surface area contributed by atoms with E-state index in [1.54, 1.807) is 23.9 Å². The van der Waals surface area contributed by atoms with Crippen molar-refractivity contribution in [2.45, 2.75) is 88.4 Å². The molecule has 1 N–H and O–H groups in total. The second-order valence-electron chi connectivity index (χ2n) is 18.5. The van der Waals surface area contributed by atoms with Gasteiger partial charge in [-0.05, 0) is 133 Å². The molecule has 5 aromatic carbocycles. The molecule has 2 heterocycles. The van der Waals surface area contributed by atoms with Crippen molar-refractivity contribution in [3.8, 4) is 0 Å². The first kappa shape index (κ1) is 50.6. The predicted molar refractivity (Wildman–Crippen MR) is 264 cm³/mol. The SMILES string of the molecule is CC1(C)C(=CC=C2CCCC(C=CC3=[N+](CCCCS(=O)(=O)[O-])c4ccc5ccccc5c4C3(C)C)=C2Sc2ccc(C(=O)O)cc2)N(CCCCS(=O)(=O)[O-])c2ccc3ccccc3c21.[Na+]. The minimum atomic E-state index is -4.34. The van der Waals surface area contributed by atoms with Gasteiger partial charge in [-0.15, -0.1) is 0 Å². The molecular formula is C53H55N2NaO8S3. The van der Waals surface area contributed by atoms with Crippen LogP contribution in [0.3, 0.4) is 0 Å². The van der Waals surface area contributed by atoms with E-state index in [2.05, 4.69) is 110 Å². The smallest absolute Gasteiger partial charge is 0.748 e. The van der Waals surface area contributed by atoms with E-state index in [1.165, 1.54) is 11.1 Å². The Balaban J connectivity index is 0.00000666. The molecule has 2 aliphatic heterocycles. The Bertz CT molecular complexity index is 3130. The minimum absolute atomic E-state index is 0. The van der Waals surface area contributed by atoms with Gasteiger partial charge in [0.15, 0.2) is 5.71 Å². The van der Waals surface area contributed by atoms with Crippen molar-refractivity contribution in [3.05, 3.63) is 160 Å². The van der Waals surface area contributed by atoms with Gasteiger partial charge in [-0.1, -0.05) is 92.4 Å². The average Bonchev–Trinajstić information content (AvgIpc) is 3.63. The van der Waals surface area contributed by atoms with Crippen LogP contribution in [-0.4, -0.2) is 71.9 Å². The summed E-state index contributed by atoms with van der Waals surface area (Å²) >= 11 is 1.61. The van der Waals surface area contributed by atoms with Gasteiger partial charge in [0, 0.05) is 68.8 Å². The first-order valence-electron chi connectivity index (χ1n) is 22.5. The summed E-state index contributed by atoms with van der Waals surface area (Å²) in [4.78, 5) is 16.1. The third-order valence-electron chi connectivity index (χ3n) is 13.2. The van der Waals surface area contributed by atoms with Gasteiger partial charge in [0.1, 0.15) is 6.54 Å². The van der Waals surface area contributed by atoms with Crippen LogP contribution in [0, 0.1) is 0 Å². The summed E-state index contributed by atoms with van der Waals surface area (Å²) < 4.78 is 71.6. The van der Waals surface area contributed by atoms with Crippen molar-refractivity contribution in [1.29, 1.82) is 0 Å². The number of rotatable bonds is 16. The van der Waals surface area contributed by atoms with Gasteiger partial charge in [-0.2, -0.15) is 4.58 Å². The number of hydrogen-bond donors (Lipinski definition) is 1. The first-order valence-corrected chi connectivity index (χ1v) is 26.5. The molecule has 1 aliphatic carbocycles. The summed E-state index contributed by atoms with van der Waals surface area (Å²) in [5, 5.41) is 14.3. The maximum atomic E-state index is 11.8. The van der Waals surface area contributed by atoms with Gasteiger partial charge in [-0.3, -0.25) is 0 Å². The number of benzene rings is 5. The van der Waals surface area contributed by atoms with Crippen LogP contribution in [0.25, 0.3) is 21.5 Å². The summed E-state index contributed by atoms with van der Waals surface area (Å²) in [6.07, 6.45) is 12.9. The molecule has 0 aromatic heterocycles. The molecule has 0 spiro atoms. The van der Waals surface area contributed by atoms with Crippen molar-refractivity contribution < 1.29 is 70.0 Å². The van der Waals surface area contributed by atoms with Gasteiger partial charge >= 0.3 is 35.5 Å². The second-order valence-corrected chi connectivity index (χ2v) is 22.6. The normalized spacial score (nSPS) is 18.1. The van der Waals surface area contributed by atoms with Crippen molar-refractivity contribution >= 4 is 76.6 Å². The van der Waals surface area contributed by atoms with E-state index in [4.69, 9.17) is 0 Å². The first-order chi connectivity index (χ1) is 31.3. The average molecular weight is 967 g/mol. The maximum Gasteiger partial charge on any atom is 1.00 e. The molecule has 8 rings (SSSR count). The van der Waals surface area contributed by atoms with Crippen LogP contribution in [0.4, 0.5) is 11.4 Å². The van der Waals surface area contributed by atoms with E-state index in [9.17, 15) is 35.8 Å². The van der Waals surface area contributed by atoms with Crippen LogP contribution in [-0.2, 0) is 31.1 Å². The van der Waals surface area contributed by atoms with Crippen molar-refractivity contribution in [3.63, 3.8) is 0 Å². The Morgan fingerprint density at radius 2 is 1.34 bits per heavy atom. The van der Waals surface area contributed by atoms with E-state index in [0.717, 1.165) is 84.5 Å². The van der Waals surface area contributed by atoms with Crippen LogP contribution in [0.1, 0.15) is 94.1 Å². The number of carbonyl (C=O) groups is 1. The number of allylic oxidation sites excluding steroid dienone is 7. The molecule has 0 atom stereocenters. The molecule has 0 unspecified atom stereocenters. The zero-order valence-corrected chi connectivity index (χ0v) is 43.2. The van der Waals surface area contributed by atoms with Crippen LogP contribution in [0.15, 0.2) is 148 Å². The van der Waals surface area contributed by atoms with Gasteiger partial charge in [0.25, 0.3) is 0 Å². The minimum Gasteiger partial charge on any atom is -0.748 e. The Kier molecular flexibility index (Phi) is 15.4. The third-order valence-corrected chi connectivity index (χ3v) is 16.1. The molecule has 0 radical (unpaired) electrons. The molecule has 0 fully saturated rings. The summed E-state index contributed by atoms with van der Waals surface area (Å²) in [6.45, 7) is 9.97. The number of hydrogen-bond acceptors (Lipinski definition) is 9. The van der Waals surface area contributed by atoms with Crippen LogP contribution in [0.5, 0.6) is 0 Å². The number of anilines is 1. The van der Waals surface area contributed by atoms with Crippen molar-refractivity contribution in [2.24, 2.45) is 0 Å². The Morgan fingerprint density at radius 3 is 1.99 bits per heavy atom. The molecule has 0 amide bonds. The zero-order chi connectivity index (χ0) is 47.0. The summed E-state index contributed by atoms with van der Waals surface area (Å²) in [5.41, 5.74) is 8.28. The van der Waals surface area contributed by atoms with E-state index in [1.807, 2.05) is 36.4 Å². The molecule has 67 heavy (non-hydrogen) atoms. The van der Waals surface area contributed by atoms with Gasteiger partial charge in [0.2, 0.25) is 5.69 Å². The number of aromatic carboxylic acids is 1. The predicted octanol–water partition coefficient (Wildman–Crippen LogP) is 8.12. The summed E-state index contributed by atoms with van der Waals surface area (Å²) in [7, 11) is -8.67. The quantitative estimate of drug-likeness (QED) is 0.0443. The molecule has 344 valence electrons. The largest absolute Gasteiger partial charge is 1.00 e. The molecular weight excluding hydrogens is 912 g/mol. The fraction of sp³-hybridized carbons (Fsp3) is 0.321. The third kappa shape index (κ3) is 10.9. The van der Waals surface area contributed by atoms with E-state index in [-0.39, 0.29) is 48.0 Å². The number of carboxylic acid groups (broad SMARTS) is 1. The number of nitrogens with zero attached hydrogens (tertiary/aromatic N) is 2. The number of fused-ring (bicyclic) bond motifs is 6. The topological polar surface area (TPSA) is 158 Å². The Hall–Kier alpha value is -4.31. The van der Waals surface area contributed by atoms with Crippen molar-refractivity contribution in [1.82, 2.24) is 0 Å². The van der Waals surface area contributed by atoms with Crippen LogP contribution < -0.4 is 34.5 Å². The Morgan fingerprint density at radius 1 is 0.731 bits per heavy atom. The van der Waals surface area contributed by atoms with Gasteiger partial charge in [0.05, 0.1) is 31.2 Å². The molecule has 5 aromatic rings. The number of unbranched alkanes of at least 4 members (excludes halogenated alkanes) is 2. The monoisotopic (exact) mass is 966 g/mol. The summed E-state index contributed by atoms with van der Waals surface area (Å²) in [6, 6.07) is 32.2. The van der Waals surface area contributed by atoms with E-state index < -0.39 is 48.5 Å². The van der Waals surface area contributed by atoms with E-state index in [0.29, 0.717) is 25.9 Å². The Labute approximate surface area is 421 Å². The van der Waals surface area contributed by atoms with Gasteiger partial charge in [-0.25, -0.2) is 21.6 Å². The summed E-state index contributed by atoms with van der Waals surface area (Å²) in [5.74, 6) is -1.80. The molecule has 0 saturated carbocycles. The van der Waals surface area contributed by atoms with Crippen molar-refractivity contribution in [2.75, 3.05) is 29.5 Å². The maximum absolute atomic E-state index is 11.8. The second kappa shape index (κ2) is 20.3. The fourth-order valence-corrected chi connectivity index (χ4v) is 12.4. The molecule has 10 nitrogen and oxygen atoms in total. The van der Waals surface area contributed by atoms with E-state index >= 15 is 0 Å². The molecule has 3 aliphatic rings. The molecule has 0 saturated heterocycles. The van der Waals surface area contributed by atoms with Crippen LogP contribution >= 0.6 is 11.8 Å². The fourth-order valence-electron chi connectivity index (χ4n) is 10.1. The standard InChI is InChI=1S/C53H56N2O8S3.Na/c1-52(2)46(54(32-9-11-34-65(58,59)60)44-28-22-36-14-5-7-18-42(36)48(44)52)30-24-38-16-13-17-39(50(38)64-41-26-20-40(21-27-41)51(56)57)25-31-47-53(3,4)49-43-19-8-6-15-37(43)23-29-45(49)55(47)33-10-12-35-66(61,62)63;/h5-8,14-15,18-31H,9-13,16-17,32-35H2,1-4H3,(H2-,56,57,58,59,60,61,62,63);/q;+1/p-1. The number of thioether (sulfide) groups is 1. The zero-order valence-electron chi connectivity index (χ0n) is 38.7.